The number of nitrogens with two attached hydrogens (primary N) is 1. The maximum Gasteiger partial charge on any atom is 0.154 e. The van der Waals surface area contributed by atoms with Crippen LogP contribution >= 0.6 is 0 Å². The summed E-state index contributed by atoms with van der Waals surface area (Å²) in [6.45, 7) is 1.02. The molecule has 6 heteroatoms. The number of aromatic nitrogens is 4. The highest BCUT2D eigenvalue weighted by Crippen LogP contribution is 2.25. The highest BCUT2D eigenvalue weighted by atomic mass is 15.3. The maximum absolute atomic E-state index is 6.35. The minimum atomic E-state index is -0.270. The second-order valence-corrected chi connectivity index (χ2v) is 5.95. The number of hydrogen-bond donors (Lipinski definition) is 2. The summed E-state index contributed by atoms with van der Waals surface area (Å²) >= 11 is 0. The molecule has 0 saturated carbocycles. The lowest BCUT2D eigenvalue weighted by molar-refractivity contribution is 0.414. The van der Waals surface area contributed by atoms with Crippen molar-refractivity contribution in [2.45, 2.75) is 12.5 Å². The molecule has 2 heterocycles. The second kappa shape index (κ2) is 5.90. The SMILES string of the molecule is CN(C)CCc1c[nH]c2ccc(C(N)c3nncn3C)cc12. The number of nitrogens with zero attached hydrogens (tertiary/aromatic N) is 4. The predicted molar refractivity (Wildman–Crippen MR) is 87.6 cm³/mol. The summed E-state index contributed by atoms with van der Waals surface area (Å²) in [5.74, 6) is 0.768. The molecule has 1 atom stereocenters. The minimum Gasteiger partial charge on any atom is -0.361 e. The van der Waals surface area contributed by atoms with Crippen LogP contribution in [0.15, 0.2) is 30.7 Å². The van der Waals surface area contributed by atoms with Gasteiger partial charge in [0.15, 0.2) is 5.82 Å². The van der Waals surface area contributed by atoms with Gasteiger partial charge in [-0.25, -0.2) is 0 Å². The van der Waals surface area contributed by atoms with E-state index in [0.29, 0.717) is 0 Å². The summed E-state index contributed by atoms with van der Waals surface area (Å²) in [4.78, 5) is 5.52. The lowest BCUT2D eigenvalue weighted by Crippen LogP contribution is -2.16. The largest absolute Gasteiger partial charge is 0.361 e. The molecule has 0 fully saturated rings. The van der Waals surface area contributed by atoms with Gasteiger partial charge < -0.3 is 20.2 Å². The molecule has 0 aliphatic carbocycles. The Bertz CT molecular complexity index is 770. The van der Waals surface area contributed by atoms with Crippen molar-refractivity contribution in [3.63, 3.8) is 0 Å². The fourth-order valence-corrected chi connectivity index (χ4v) is 2.66. The van der Waals surface area contributed by atoms with Gasteiger partial charge in [-0.05, 0) is 43.8 Å². The Kier molecular flexibility index (Phi) is 3.96. The Morgan fingerprint density at radius 3 is 2.86 bits per heavy atom. The molecule has 0 amide bonds. The van der Waals surface area contributed by atoms with Gasteiger partial charge in [0.2, 0.25) is 0 Å². The first kappa shape index (κ1) is 14.7. The van der Waals surface area contributed by atoms with Crippen molar-refractivity contribution < 1.29 is 0 Å². The topological polar surface area (TPSA) is 75.8 Å². The van der Waals surface area contributed by atoms with Crippen LogP contribution in [0.4, 0.5) is 0 Å². The molecule has 3 aromatic rings. The van der Waals surface area contributed by atoms with Gasteiger partial charge in [-0.15, -0.1) is 10.2 Å². The molecule has 6 nitrogen and oxygen atoms in total. The zero-order valence-electron chi connectivity index (χ0n) is 13.2. The van der Waals surface area contributed by atoms with Gasteiger partial charge in [0.1, 0.15) is 6.33 Å². The van der Waals surface area contributed by atoms with E-state index in [1.54, 1.807) is 6.33 Å². The fraction of sp³-hybridized carbons (Fsp3) is 0.375. The molecular formula is C16H22N6. The van der Waals surface area contributed by atoms with E-state index < -0.39 is 0 Å². The molecule has 0 aliphatic rings. The third-order valence-electron chi connectivity index (χ3n) is 4.00. The van der Waals surface area contributed by atoms with Crippen molar-refractivity contribution in [1.29, 1.82) is 0 Å². The van der Waals surface area contributed by atoms with Gasteiger partial charge in [-0.3, -0.25) is 0 Å². The van der Waals surface area contributed by atoms with Gasteiger partial charge in [-0.2, -0.15) is 0 Å². The molecule has 116 valence electrons. The first-order valence-electron chi connectivity index (χ1n) is 7.40. The van der Waals surface area contributed by atoms with Crippen molar-refractivity contribution in [2.24, 2.45) is 12.8 Å². The Morgan fingerprint density at radius 2 is 2.18 bits per heavy atom. The number of aryl methyl sites for hydroxylation is 1. The molecule has 0 aliphatic heterocycles. The van der Waals surface area contributed by atoms with Crippen LogP contribution in [0.1, 0.15) is 23.0 Å². The van der Waals surface area contributed by atoms with E-state index in [1.807, 2.05) is 17.7 Å². The van der Waals surface area contributed by atoms with E-state index in [9.17, 15) is 0 Å². The lowest BCUT2D eigenvalue weighted by atomic mass is 10.0. The zero-order chi connectivity index (χ0) is 15.7. The van der Waals surface area contributed by atoms with Crippen molar-refractivity contribution in [3.8, 4) is 0 Å². The number of hydrogen-bond acceptors (Lipinski definition) is 4. The first-order valence-corrected chi connectivity index (χ1v) is 7.40. The van der Waals surface area contributed by atoms with Gasteiger partial charge in [-0.1, -0.05) is 6.07 Å². The van der Waals surface area contributed by atoms with Gasteiger partial charge in [0, 0.05) is 30.7 Å². The Balaban J connectivity index is 1.94. The van der Waals surface area contributed by atoms with E-state index in [1.165, 1.54) is 10.9 Å². The minimum absolute atomic E-state index is 0.270. The van der Waals surface area contributed by atoms with E-state index in [0.717, 1.165) is 29.9 Å². The van der Waals surface area contributed by atoms with Gasteiger partial charge in [0.05, 0.1) is 6.04 Å². The summed E-state index contributed by atoms with van der Waals surface area (Å²) < 4.78 is 1.86. The van der Waals surface area contributed by atoms with Crippen LogP contribution < -0.4 is 5.73 Å². The highest BCUT2D eigenvalue weighted by molar-refractivity contribution is 5.84. The molecule has 3 N–H and O–H groups in total. The highest BCUT2D eigenvalue weighted by Gasteiger charge is 2.15. The number of likely N-dealkylation sites (N-methyl/N-ethyl adjacent to an activating group) is 1. The van der Waals surface area contributed by atoms with E-state index in [2.05, 4.69) is 52.5 Å². The third-order valence-corrected chi connectivity index (χ3v) is 4.00. The number of benzene rings is 1. The van der Waals surface area contributed by atoms with E-state index in [4.69, 9.17) is 5.73 Å². The van der Waals surface area contributed by atoms with Crippen LogP contribution in [0.5, 0.6) is 0 Å². The van der Waals surface area contributed by atoms with E-state index >= 15 is 0 Å². The molecule has 1 unspecified atom stereocenters. The smallest absolute Gasteiger partial charge is 0.154 e. The lowest BCUT2D eigenvalue weighted by Gasteiger charge is -2.12. The average molecular weight is 298 g/mol. The number of rotatable bonds is 5. The molecule has 22 heavy (non-hydrogen) atoms. The third kappa shape index (κ3) is 2.75. The van der Waals surface area contributed by atoms with Crippen molar-refractivity contribution in [2.75, 3.05) is 20.6 Å². The zero-order valence-corrected chi connectivity index (χ0v) is 13.2. The predicted octanol–water partition coefficient (Wildman–Crippen LogP) is 1.45. The quantitative estimate of drug-likeness (QED) is 0.747. The summed E-state index contributed by atoms with van der Waals surface area (Å²) in [5.41, 5.74) is 9.86. The Labute approximate surface area is 129 Å². The fourth-order valence-electron chi connectivity index (χ4n) is 2.66. The summed E-state index contributed by atoms with van der Waals surface area (Å²) in [5, 5.41) is 9.26. The molecular weight excluding hydrogens is 276 g/mol. The monoisotopic (exact) mass is 298 g/mol. The second-order valence-electron chi connectivity index (χ2n) is 5.95. The summed E-state index contributed by atoms with van der Waals surface area (Å²) in [6.07, 6.45) is 4.77. The molecule has 0 radical (unpaired) electrons. The van der Waals surface area contributed by atoms with Crippen LogP contribution in [0.25, 0.3) is 10.9 Å². The molecule has 0 spiro atoms. The summed E-state index contributed by atoms with van der Waals surface area (Å²) in [6, 6.07) is 6.03. The maximum atomic E-state index is 6.35. The molecule has 0 saturated heterocycles. The number of fused-ring (bicyclic) bond motifs is 1. The Hall–Kier alpha value is -2.18. The Morgan fingerprint density at radius 1 is 1.36 bits per heavy atom. The van der Waals surface area contributed by atoms with Crippen LogP contribution in [0.3, 0.4) is 0 Å². The first-order chi connectivity index (χ1) is 10.6. The number of aromatic amines is 1. The van der Waals surface area contributed by atoms with Gasteiger partial charge in [0.25, 0.3) is 0 Å². The average Bonchev–Trinajstić information content (AvgIpc) is 3.09. The number of nitrogens with one attached hydrogen (secondary N) is 1. The van der Waals surface area contributed by atoms with Crippen molar-refractivity contribution in [1.82, 2.24) is 24.6 Å². The molecule has 0 bridgehead atoms. The van der Waals surface area contributed by atoms with Crippen LogP contribution in [0.2, 0.25) is 0 Å². The normalized spacial score (nSPS) is 13.1. The standard InChI is InChI=1S/C16H22N6/c1-21(2)7-6-12-9-18-14-5-4-11(8-13(12)14)15(17)16-20-19-10-22(16)3/h4-5,8-10,15,18H,6-7,17H2,1-3H3. The van der Waals surface area contributed by atoms with Gasteiger partial charge >= 0.3 is 0 Å². The van der Waals surface area contributed by atoms with Crippen LogP contribution in [-0.4, -0.2) is 45.3 Å². The molecule has 1 aromatic carbocycles. The summed E-state index contributed by atoms with van der Waals surface area (Å²) in [7, 11) is 6.08. The number of H-pyrrole nitrogens is 1. The molecule has 3 rings (SSSR count). The van der Waals surface area contributed by atoms with E-state index in [-0.39, 0.29) is 6.04 Å². The van der Waals surface area contributed by atoms with Crippen LogP contribution in [0, 0.1) is 0 Å². The van der Waals surface area contributed by atoms with Crippen LogP contribution in [-0.2, 0) is 13.5 Å². The van der Waals surface area contributed by atoms with Crippen molar-refractivity contribution in [3.05, 3.63) is 47.7 Å². The molecule has 2 aromatic heterocycles. The van der Waals surface area contributed by atoms with Crippen molar-refractivity contribution >= 4 is 10.9 Å².